The van der Waals surface area contributed by atoms with Crippen molar-refractivity contribution in [1.82, 2.24) is 15.5 Å². The van der Waals surface area contributed by atoms with Crippen molar-refractivity contribution >= 4 is 22.6 Å². The van der Waals surface area contributed by atoms with Gasteiger partial charge in [0.05, 0.1) is 6.54 Å². The summed E-state index contributed by atoms with van der Waals surface area (Å²) in [6.07, 6.45) is 0.784. The average Bonchev–Trinajstić information content (AvgIpc) is 3.09. The van der Waals surface area contributed by atoms with Crippen molar-refractivity contribution in [3.05, 3.63) is 108 Å². The Morgan fingerprint density at radius 1 is 0.857 bits per heavy atom. The third-order valence-electron chi connectivity index (χ3n) is 6.59. The van der Waals surface area contributed by atoms with Gasteiger partial charge in [0.25, 0.3) is 5.91 Å². The SMILES string of the molecule is O=C(NCC1CCN(Cc2ccc3ccccc3c2)C(=O)CN1)c1ccc(-c2ccccc2)cc1. The van der Waals surface area contributed by atoms with Crippen LogP contribution in [-0.2, 0) is 11.3 Å². The number of carbonyl (C=O) groups excluding carboxylic acids is 2. The van der Waals surface area contributed by atoms with E-state index in [0.29, 0.717) is 25.2 Å². The number of hydrogen-bond donors (Lipinski definition) is 2. The molecule has 176 valence electrons. The van der Waals surface area contributed by atoms with Gasteiger partial charge in [-0.2, -0.15) is 0 Å². The molecule has 5 nitrogen and oxygen atoms in total. The lowest BCUT2D eigenvalue weighted by Crippen LogP contribution is -2.41. The topological polar surface area (TPSA) is 61.4 Å². The molecular weight excluding hydrogens is 434 g/mol. The highest BCUT2D eigenvalue weighted by molar-refractivity contribution is 5.94. The molecule has 0 saturated carbocycles. The highest BCUT2D eigenvalue weighted by Gasteiger charge is 2.22. The third-order valence-corrected chi connectivity index (χ3v) is 6.59. The molecular formula is C30H29N3O2. The molecule has 0 aliphatic carbocycles. The maximum absolute atomic E-state index is 12.7. The Balaban J connectivity index is 1.15. The molecule has 0 radical (unpaired) electrons. The van der Waals surface area contributed by atoms with Crippen LogP contribution in [0.5, 0.6) is 0 Å². The van der Waals surface area contributed by atoms with Crippen LogP contribution in [0.4, 0.5) is 0 Å². The Kier molecular flexibility index (Phi) is 6.87. The van der Waals surface area contributed by atoms with Crippen molar-refractivity contribution in [2.75, 3.05) is 19.6 Å². The quantitative estimate of drug-likeness (QED) is 0.438. The number of carbonyl (C=O) groups is 2. The lowest BCUT2D eigenvalue weighted by molar-refractivity contribution is -0.130. The number of hydrogen-bond acceptors (Lipinski definition) is 3. The molecule has 1 atom stereocenters. The first-order chi connectivity index (χ1) is 17.2. The largest absolute Gasteiger partial charge is 0.350 e. The van der Waals surface area contributed by atoms with Crippen molar-refractivity contribution < 1.29 is 9.59 Å². The molecule has 1 heterocycles. The van der Waals surface area contributed by atoms with Gasteiger partial charge < -0.3 is 15.5 Å². The molecule has 4 aromatic rings. The Bertz CT molecular complexity index is 1320. The smallest absolute Gasteiger partial charge is 0.251 e. The zero-order chi connectivity index (χ0) is 24.0. The van der Waals surface area contributed by atoms with E-state index in [1.54, 1.807) is 0 Å². The highest BCUT2D eigenvalue weighted by atomic mass is 16.2. The standard InChI is InChI=1S/C30H29N3O2/c34-29-20-31-28(16-17-33(29)21-22-10-11-24-8-4-5-9-27(24)18-22)19-32-30(35)26-14-12-25(13-15-26)23-6-2-1-3-7-23/h1-15,18,28,31H,16-17,19-21H2,(H,32,35). The van der Waals surface area contributed by atoms with Gasteiger partial charge in [-0.1, -0.05) is 78.9 Å². The van der Waals surface area contributed by atoms with Gasteiger partial charge in [-0.3, -0.25) is 9.59 Å². The van der Waals surface area contributed by atoms with E-state index in [4.69, 9.17) is 0 Å². The second-order valence-corrected chi connectivity index (χ2v) is 9.02. The van der Waals surface area contributed by atoms with Crippen LogP contribution in [0.3, 0.4) is 0 Å². The molecule has 1 fully saturated rings. The maximum atomic E-state index is 12.7. The van der Waals surface area contributed by atoms with E-state index in [1.807, 2.05) is 59.5 Å². The molecule has 0 spiro atoms. The van der Waals surface area contributed by atoms with Crippen LogP contribution in [0.25, 0.3) is 21.9 Å². The van der Waals surface area contributed by atoms with Gasteiger partial charge in [0, 0.05) is 31.2 Å². The minimum atomic E-state index is -0.102. The van der Waals surface area contributed by atoms with Crippen LogP contribution >= 0.6 is 0 Å². The van der Waals surface area contributed by atoms with E-state index < -0.39 is 0 Å². The van der Waals surface area contributed by atoms with E-state index >= 15 is 0 Å². The van der Waals surface area contributed by atoms with E-state index in [2.05, 4.69) is 53.1 Å². The summed E-state index contributed by atoms with van der Waals surface area (Å²) in [7, 11) is 0. The second kappa shape index (κ2) is 10.5. The number of amides is 2. The van der Waals surface area contributed by atoms with E-state index in [9.17, 15) is 9.59 Å². The van der Waals surface area contributed by atoms with Crippen molar-refractivity contribution in [3.8, 4) is 11.1 Å². The number of benzene rings is 4. The first-order valence-electron chi connectivity index (χ1n) is 12.1. The van der Waals surface area contributed by atoms with Crippen LogP contribution < -0.4 is 10.6 Å². The normalized spacial score (nSPS) is 16.2. The van der Waals surface area contributed by atoms with Gasteiger partial charge in [-0.05, 0) is 52.1 Å². The van der Waals surface area contributed by atoms with Crippen LogP contribution in [-0.4, -0.2) is 42.4 Å². The third kappa shape index (κ3) is 5.58. The molecule has 4 aromatic carbocycles. The maximum Gasteiger partial charge on any atom is 0.251 e. The van der Waals surface area contributed by atoms with Gasteiger partial charge in [0.15, 0.2) is 0 Å². The van der Waals surface area contributed by atoms with Gasteiger partial charge in [-0.25, -0.2) is 0 Å². The van der Waals surface area contributed by atoms with E-state index in [1.165, 1.54) is 10.8 Å². The molecule has 5 rings (SSSR count). The lowest BCUT2D eigenvalue weighted by Gasteiger charge is -2.21. The molecule has 2 N–H and O–H groups in total. The molecule has 0 aromatic heterocycles. The number of nitrogens with zero attached hydrogens (tertiary/aromatic N) is 1. The fourth-order valence-corrected chi connectivity index (χ4v) is 4.54. The Hall–Kier alpha value is -3.96. The van der Waals surface area contributed by atoms with Crippen LogP contribution in [0.15, 0.2) is 97.1 Å². The summed E-state index contributed by atoms with van der Waals surface area (Å²) in [5, 5.41) is 8.71. The molecule has 5 heteroatoms. The van der Waals surface area contributed by atoms with Gasteiger partial charge in [-0.15, -0.1) is 0 Å². The van der Waals surface area contributed by atoms with Crippen molar-refractivity contribution in [2.45, 2.75) is 19.0 Å². The lowest BCUT2D eigenvalue weighted by atomic mass is 10.0. The van der Waals surface area contributed by atoms with Crippen LogP contribution in [0, 0.1) is 0 Å². The monoisotopic (exact) mass is 463 g/mol. The zero-order valence-corrected chi connectivity index (χ0v) is 19.6. The summed E-state index contributed by atoms with van der Waals surface area (Å²) in [4.78, 5) is 27.3. The van der Waals surface area contributed by atoms with Crippen molar-refractivity contribution in [1.29, 1.82) is 0 Å². The first-order valence-corrected chi connectivity index (χ1v) is 12.1. The fourth-order valence-electron chi connectivity index (χ4n) is 4.54. The number of nitrogens with one attached hydrogen (secondary N) is 2. The Morgan fingerprint density at radius 2 is 1.57 bits per heavy atom. The van der Waals surface area contributed by atoms with Crippen molar-refractivity contribution in [3.63, 3.8) is 0 Å². The molecule has 2 amide bonds. The number of fused-ring (bicyclic) bond motifs is 1. The Morgan fingerprint density at radius 3 is 2.37 bits per heavy atom. The summed E-state index contributed by atoms with van der Waals surface area (Å²) >= 11 is 0. The summed E-state index contributed by atoms with van der Waals surface area (Å²) in [5.41, 5.74) is 3.97. The number of rotatable bonds is 6. The molecule has 1 saturated heterocycles. The fraction of sp³-hybridized carbons (Fsp3) is 0.200. The highest BCUT2D eigenvalue weighted by Crippen LogP contribution is 2.20. The van der Waals surface area contributed by atoms with Gasteiger partial charge in [0.2, 0.25) is 5.91 Å². The molecule has 1 aliphatic rings. The van der Waals surface area contributed by atoms with Gasteiger partial charge >= 0.3 is 0 Å². The Labute approximate surface area is 205 Å². The zero-order valence-electron chi connectivity index (χ0n) is 19.6. The summed E-state index contributed by atoms with van der Waals surface area (Å²) < 4.78 is 0. The molecule has 35 heavy (non-hydrogen) atoms. The predicted octanol–water partition coefficient (Wildman–Crippen LogP) is 4.63. The predicted molar refractivity (Wildman–Crippen MR) is 140 cm³/mol. The van der Waals surface area contributed by atoms with Gasteiger partial charge in [0.1, 0.15) is 0 Å². The minimum absolute atomic E-state index is 0.0492. The average molecular weight is 464 g/mol. The van der Waals surface area contributed by atoms with Crippen molar-refractivity contribution in [2.24, 2.45) is 0 Å². The summed E-state index contributed by atoms with van der Waals surface area (Å²) in [6.45, 7) is 2.01. The summed E-state index contributed by atoms with van der Waals surface area (Å²) in [5.74, 6) is -0.0153. The van der Waals surface area contributed by atoms with Crippen LogP contribution in [0.1, 0.15) is 22.3 Å². The second-order valence-electron chi connectivity index (χ2n) is 9.02. The summed E-state index contributed by atoms with van der Waals surface area (Å²) in [6, 6.07) is 32.4. The molecule has 0 bridgehead atoms. The minimum Gasteiger partial charge on any atom is -0.350 e. The van der Waals surface area contributed by atoms with Crippen LogP contribution in [0.2, 0.25) is 0 Å². The molecule has 1 unspecified atom stereocenters. The van der Waals surface area contributed by atoms with E-state index in [0.717, 1.165) is 23.1 Å². The molecule has 1 aliphatic heterocycles. The van der Waals surface area contributed by atoms with E-state index in [-0.39, 0.29) is 24.4 Å². The first kappa shape index (κ1) is 22.8.